The van der Waals surface area contributed by atoms with Crippen molar-refractivity contribution in [3.05, 3.63) is 42.0 Å². The summed E-state index contributed by atoms with van der Waals surface area (Å²) in [7, 11) is 0.626. The summed E-state index contributed by atoms with van der Waals surface area (Å²) in [5.74, 6) is 0.181. The summed E-state index contributed by atoms with van der Waals surface area (Å²) in [4.78, 5) is 16.7. The van der Waals surface area contributed by atoms with Gasteiger partial charge >= 0.3 is 7.12 Å². The summed E-state index contributed by atoms with van der Waals surface area (Å²) in [5.41, 5.74) is 1.14. The third-order valence-electron chi connectivity index (χ3n) is 5.54. The first-order valence-electron chi connectivity index (χ1n) is 9.68. The molecule has 154 valence electrons. The number of benzene rings is 2. The molecule has 2 aliphatic rings. The van der Waals surface area contributed by atoms with Gasteiger partial charge in [-0.3, -0.25) is 4.79 Å². The monoisotopic (exact) mass is 430 g/mol. The first kappa shape index (κ1) is 22.4. The predicted octanol–water partition coefficient (Wildman–Crippen LogP) is 4.80. The van der Waals surface area contributed by atoms with E-state index in [9.17, 15) is 4.79 Å². The van der Waals surface area contributed by atoms with E-state index in [2.05, 4.69) is 52.0 Å². The summed E-state index contributed by atoms with van der Waals surface area (Å²) in [6.45, 7) is 10.2. The van der Waals surface area contributed by atoms with Gasteiger partial charge in [0.15, 0.2) is 5.78 Å². The van der Waals surface area contributed by atoms with Crippen LogP contribution in [0.3, 0.4) is 0 Å². The van der Waals surface area contributed by atoms with Crippen LogP contribution in [0.2, 0.25) is 0 Å². The molecular weight excluding hydrogens is 403 g/mol. The fraction of sp³-hybridized carbons (Fsp3) is 0.409. The van der Waals surface area contributed by atoms with Gasteiger partial charge in [-0.05, 0) is 51.4 Å². The maximum absolute atomic E-state index is 12.0. The molecule has 29 heavy (non-hydrogen) atoms. The molecule has 2 aliphatic heterocycles. The minimum Gasteiger partial charge on any atom is -0.400 e. The van der Waals surface area contributed by atoms with Crippen molar-refractivity contribution < 1.29 is 19.2 Å². The predicted molar refractivity (Wildman–Crippen MR) is 120 cm³/mol. The van der Waals surface area contributed by atoms with E-state index in [1.54, 1.807) is 23.5 Å². The molecule has 2 aromatic rings. The SMILES string of the molecule is CCC(=O)c1ccc2c(c1)Sc1cccc(B3OC(C)(C)C(C)(C)O3)c1S2.CO. The highest BCUT2D eigenvalue weighted by Gasteiger charge is 2.52. The Labute approximate surface area is 181 Å². The van der Waals surface area contributed by atoms with Crippen molar-refractivity contribution in [1.82, 2.24) is 0 Å². The Bertz CT molecular complexity index is 911. The standard InChI is InChI=1S/C21H23BO3S2.CH4O/c1-6-15(23)13-10-11-16-18(12-13)26-17-9-7-8-14(19(17)27-16)22-24-20(2,3)21(4,5)25-22;1-2/h7-12H,6H2,1-5H3;2H,1H3. The van der Waals surface area contributed by atoms with Gasteiger partial charge in [-0.2, -0.15) is 0 Å². The molecule has 1 fully saturated rings. The Hall–Kier alpha value is -1.25. The minimum absolute atomic E-state index is 0.181. The number of ketones is 1. The average Bonchev–Trinajstić information content (AvgIpc) is 2.93. The molecule has 0 amide bonds. The smallest absolute Gasteiger partial charge is 0.400 e. The highest BCUT2D eigenvalue weighted by molar-refractivity contribution is 8.05. The van der Waals surface area contributed by atoms with Crippen molar-refractivity contribution in [1.29, 1.82) is 0 Å². The van der Waals surface area contributed by atoms with E-state index in [4.69, 9.17) is 14.4 Å². The molecule has 0 bridgehead atoms. The maximum Gasteiger partial charge on any atom is 0.496 e. The van der Waals surface area contributed by atoms with Gasteiger partial charge in [-0.15, -0.1) is 0 Å². The number of Topliss-reactive ketones (excluding diaryl/α,β-unsaturated/α-hetero) is 1. The van der Waals surface area contributed by atoms with Gasteiger partial charge in [0.2, 0.25) is 0 Å². The zero-order valence-electron chi connectivity index (χ0n) is 17.7. The van der Waals surface area contributed by atoms with Gasteiger partial charge in [0.05, 0.1) is 11.2 Å². The molecule has 4 rings (SSSR count). The van der Waals surface area contributed by atoms with Crippen LogP contribution in [0.25, 0.3) is 0 Å². The highest BCUT2D eigenvalue weighted by Crippen LogP contribution is 2.48. The van der Waals surface area contributed by atoms with Crippen LogP contribution >= 0.6 is 23.5 Å². The maximum atomic E-state index is 12.0. The van der Waals surface area contributed by atoms with E-state index < -0.39 is 0 Å². The molecule has 1 N–H and O–H groups in total. The lowest BCUT2D eigenvalue weighted by Crippen LogP contribution is -2.41. The van der Waals surface area contributed by atoms with Crippen LogP contribution in [0, 0.1) is 0 Å². The number of carbonyl (C=O) groups excluding carboxylic acids is 1. The van der Waals surface area contributed by atoms with Crippen molar-refractivity contribution in [2.24, 2.45) is 0 Å². The summed E-state index contributed by atoms with van der Waals surface area (Å²) < 4.78 is 12.6. The second kappa shape index (κ2) is 8.48. The third kappa shape index (κ3) is 4.16. The Kier molecular flexibility index (Phi) is 6.56. The molecule has 0 aromatic heterocycles. The molecule has 0 saturated carbocycles. The molecule has 0 spiro atoms. The molecule has 0 atom stereocenters. The Morgan fingerprint density at radius 3 is 2.24 bits per heavy atom. The summed E-state index contributed by atoms with van der Waals surface area (Å²) in [5, 5.41) is 7.00. The lowest BCUT2D eigenvalue weighted by Gasteiger charge is -2.32. The van der Waals surface area contributed by atoms with Crippen molar-refractivity contribution >= 4 is 41.9 Å². The van der Waals surface area contributed by atoms with Crippen LogP contribution in [0.15, 0.2) is 56.0 Å². The molecule has 2 heterocycles. The fourth-order valence-electron chi connectivity index (χ4n) is 3.16. The average molecular weight is 430 g/mol. The van der Waals surface area contributed by atoms with Crippen LogP contribution in [0.5, 0.6) is 0 Å². The van der Waals surface area contributed by atoms with E-state index in [0.29, 0.717) is 6.42 Å². The van der Waals surface area contributed by atoms with Crippen LogP contribution in [0.1, 0.15) is 51.4 Å². The number of hydrogen-bond donors (Lipinski definition) is 1. The summed E-state index contributed by atoms with van der Waals surface area (Å²) in [6.07, 6.45) is 0.527. The zero-order chi connectivity index (χ0) is 21.4. The van der Waals surface area contributed by atoms with Gasteiger partial charge in [0.25, 0.3) is 0 Å². The van der Waals surface area contributed by atoms with Crippen LogP contribution < -0.4 is 5.46 Å². The fourth-order valence-corrected chi connectivity index (χ4v) is 5.57. The molecule has 2 aromatic carbocycles. The molecule has 1 saturated heterocycles. The first-order chi connectivity index (χ1) is 13.7. The second-order valence-corrected chi connectivity index (χ2v) is 10.0. The number of carbonyl (C=O) groups is 1. The normalized spacial score (nSPS) is 18.4. The number of aliphatic hydroxyl groups excluding tert-OH is 1. The Morgan fingerprint density at radius 2 is 1.62 bits per heavy atom. The summed E-state index contributed by atoms with van der Waals surface area (Å²) in [6, 6.07) is 12.3. The topological polar surface area (TPSA) is 55.8 Å². The van der Waals surface area contributed by atoms with E-state index >= 15 is 0 Å². The van der Waals surface area contributed by atoms with Crippen molar-refractivity contribution in [3.63, 3.8) is 0 Å². The molecule has 0 unspecified atom stereocenters. The van der Waals surface area contributed by atoms with Crippen molar-refractivity contribution in [2.75, 3.05) is 7.11 Å². The quantitative estimate of drug-likeness (QED) is 0.476. The molecular formula is C22H27BO4S2. The van der Waals surface area contributed by atoms with Gasteiger partial charge in [-0.1, -0.05) is 48.6 Å². The van der Waals surface area contributed by atoms with Gasteiger partial charge < -0.3 is 14.4 Å². The lowest BCUT2D eigenvalue weighted by molar-refractivity contribution is 0.00578. The number of rotatable bonds is 3. The molecule has 0 radical (unpaired) electrons. The largest absolute Gasteiger partial charge is 0.496 e. The highest BCUT2D eigenvalue weighted by atomic mass is 32.2. The van der Waals surface area contributed by atoms with Crippen LogP contribution in [0.4, 0.5) is 0 Å². The van der Waals surface area contributed by atoms with E-state index in [0.717, 1.165) is 23.0 Å². The van der Waals surface area contributed by atoms with Crippen molar-refractivity contribution in [3.8, 4) is 0 Å². The van der Waals surface area contributed by atoms with E-state index in [1.165, 1.54) is 14.7 Å². The molecule has 0 aliphatic carbocycles. The number of aliphatic hydroxyl groups is 1. The Balaban J connectivity index is 0.00000117. The second-order valence-electron chi connectivity index (χ2n) is 7.91. The van der Waals surface area contributed by atoms with Gasteiger partial charge in [0.1, 0.15) is 0 Å². The minimum atomic E-state index is -0.374. The summed E-state index contributed by atoms with van der Waals surface area (Å²) >= 11 is 3.45. The third-order valence-corrected chi connectivity index (χ3v) is 8.15. The van der Waals surface area contributed by atoms with E-state index in [1.807, 2.05) is 19.1 Å². The zero-order valence-corrected chi connectivity index (χ0v) is 19.4. The molecule has 4 nitrogen and oxygen atoms in total. The van der Waals surface area contributed by atoms with Gasteiger partial charge in [0, 0.05) is 38.7 Å². The van der Waals surface area contributed by atoms with Gasteiger partial charge in [-0.25, -0.2) is 0 Å². The Morgan fingerprint density at radius 1 is 0.966 bits per heavy atom. The molecule has 7 heteroatoms. The van der Waals surface area contributed by atoms with E-state index in [-0.39, 0.29) is 24.1 Å². The van der Waals surface area contributed by atoms with Crippen LogP contribution in [-0.4, -0.2) is 36.3 Å². The number of fused-ring (bicyclic) bond motifs is 2. The number of hydrogen-bond acceptors (Lipinski definition) is 6. The van der Waals surface area contributed by atoms with Crippen molar-refractivity contribution in [2.45, 2.75) is 71.8 Å². The van der Waals surface area contributed by atoms with Crippen LogP contribution in [-0.2, 0) is 9.31 Å². The lowest BCUT2D eigenvalue weighted by atomic mass is 9.79. The first-order valence-corrected chi connectivity index (χ1v) is 11.3.